The summed E-state index contributed by atoms with van der Waals surface area (Å²) >= 11 is 6.08. The number of halogens is 1. The molecule has 0 bridgehead atoms. The molecule has 1 aliphatic rings. The number of pyridine rings is 1. The smallest absolute Gasteiger partial charge is 0.133 e. The number of benzene rings is 1. The number of para-hydroxylation sites is 1. The Kier molecular flexibility index (Phi) is 3.17. The third-order valence-electron chi connectivity index (χ3n) is 3.55. The molecular formula is C15H16ClN3. The predicted octanol–water partition coefficient (Wildman–Crippen LogP) is 3.28. The SMILES string of the molecule is CC1Cc2ccccc2N1c1ccc(Cl)c(CN)n1. The van der Waals surface area contributed by atoms with Crippen molar-refractivity contribution in [1.82, 2.24) is 4.98 Å². The first-order valence-corrected chi connectivity index (χ1v) is 6.81. The highest BCUT2D eigenvalue weighted by molar-refractivity contribution is 6.31. The Morgan fingerprint density at radius 3 is 2.89 bits per heavy atom. The molecule has 2 aromatic rings. The number of nitrogens with zero attached hydrogens (tertiary/aromatic N) is 2. The Balaban J connectivity index is 2.07. The van der Waals surface area contributed by atoms with E-state index in [1.807, 2.05) is 12.1 Å². The topological polar surface area (TPSA) is 42.1 Å². The summed E-state index contributed by atoms with van der Waals surface area (Å²) in [6.45, 7) is 2.56. The van der Waals surface area contributed by atoms with Gasteiger partial charge in [0.15, 0.2) is 0 Å². The third-order valence-corrected chi connectivity index (χ3v) is 3.90. The second-order valence-corrected chi connectivity index (χ2v) is 5.26. The first-order chi connectivity index (χ1) is 9.20. The van der Waals surface area contributed by atoms with Crippen molar-refractivity contribution in [2.24, 2.45) is 5.73 Å². The standard InChI is InChI=1S/C15H16ClN3/c1-10-8-11-4-2-3-5-14(11)19(10)15-7-6-12(16)13(9-17)18-15/h2-7,10H,8-9,17H2,1H3. The average Bonchev–Trinajstić information content (AvgIpc) is 2.75. The maximum absolute atomic E-state index is 6.08. The van der Waals surface area contributed by atoms with Crippen LogP contribution < -0.4 is 10.6 Å². The van der Waals surface area contributed by atoms with Crippen LogP contribution >= 0.6 is 11.6 Å². The van der Waals surface area contributed by atoms with Crippen LogP contribution in [-0.2, 0) is 13.0 Å². The van der Waals surface area contributed by atoms with Crippen molar-refractivity contribution in [2.75, 3.05) is 4.90 Å². The van der Waals surface area contributed by atoms with E-state index < -0.39 is 0 Å². The van der Waals surface area contributed by atoms with Crippen LogP contribution in [0.1, 0.15) is 18.2 Å². The molecule has 19 heavy (non-hydrogen) atoms. The van der Waals surface area contributed by atoms with Gasteiger partial charge in [0, 0.05) is 18.3 Å². The summed E-state index contributed by atoms with van der Waals surface area (Å²) in [7, 11) is 0. The Hall–Kier alpha value is -1.58. The lowest BCUT2D eigenvalue weighted by Crippen LogP contribution is -2.25. The molecule has 4 heteroatoms. The van der Waals surface area contributed by atoms with Crippen molar-refractivity contribution in [3.8, 4) is 0 Å². The highest BCUT2D eigenvalue weighted by Gasteiger charge is 2.27. The van der Waals surface area contributed by atoms with E-state index in [2.05, 4.69) is 41.1 Å². The molecule has 1 atom stereocenters. The first kappa shape index (κ1) is 12.5. The molecule has 0 fully saturated rings. The highest BCUT2D eigenvalue weighted by Crippen LogP contribution is 2.37. The molecule has 1 aromatic heterocycles. The summed E-state index contributed by atoms with van der Waals surface area (Å²) in [4.78, 5) is 6.85. The number of hydrogen-bond acceptors (Lipinski definition) is 3. The number of aromatic nitrogens is 1. The van der Waals surface area contributed by atoms with Crippen LogP contribution in [0.2, 0.25) is 5.02 Å². The number of hydrogen-bond donors (Lipinski definition) is 1. The zero-order chi connectivity index (χ0) is 13.4. The van der Waals surface area contributed by atoms with Gasteiger partial charge in [-0.2, -0.15) is 0 Å². The number of fused-ring (bicyclic) bond motifs is 1. The molecule has 1 aromatic carbocycles. The normalized spacial score (nSPS) is 17.6. The van der Waals surface area contributed by atoms with E-state index in [-0.39, 0.29) is 0 Å². The number of nitrogens with two attached hydrogens (primary N) is 1. The molecule has 0 amide bonds. The molecule has 0 radical (unpaired) electrons. The van der Waals surface area contributed by atoms with Crippen LogP contribution in [0.3, 0.4) is 0 Å². The average molecular weight is 274 g/mol. The maximum atomic E-state index is 6.08. The van der Waals surface area contributed by atoms with Crippen molar-refractivity contribution in [3.05, 3.63) is 52.7 Å². The predicted molar refractivity (Wildman–Crippen MR) is 78.9 cm³/mol. The van der Waals surface area contributed by atoms with Crippen molar-refractivity contribution < 1.29 is 0 Å². The fourth-order valence-corrected chi connectivity index (χ4v) is 2.85. The van der Waals surface area contributed by atoms with E-state index in [0.717, 1.165) is 17.9 Å². The van der Waals surface area contributed by atoms with Gasteiger partial charge >= 0.3 is 0 Å². The van der Waals surface area contributed by atoms with Gasteiger partial charge in [-0.3, -0.25) is 0 Å². The number of rotatable bonds is 2. The molecule has 98 valence electrons. The maximum Gasteiger partial charge on any atom is 0.133 e. The minimum Gasteiger partial charge on any atom is -0.325 e. The van der Waals surface area contributed by atoms with E-state index >= 15 is 0 Å². The van der Waals surface area contributed by atoms with Crippen molar-refractivity contribution in [3.63, 3.8) is 0 Å². The summed E-state index contributed by atoms with van der Waals surface area (Å²) in [5, 5.41) is 0.631. The quantitative estimate of drug-likeness (QED) is 0.913. The van der Waals surface area contributed by atoms with Gasteiger partial charge in [0.05, 0.1) is 10.7 Å². The Morgan fingerprint density at radius 2 is 2.11 bits per heavy atom. The Labute approximate surface area is 118 Å². The van der Waals surface area contributed by atoms with Crippen LogP contribution in [0.15, 0.2) is 36.4 Å². The lowest BCUT2D eigenvalue weighted by atomic mass is 10.1. The molecule has 0 saturated heterocycles. The second kappa shape index (κ2) is 4.83. The van der Waals surface area contributed by atoms with Crippen molar-refractivity contribution >= 4 is 23.1 Å². The van der Waals surface area contributed by atoms with Gasteiger partial charge in [0.25, 0.3) is 0 Å². The van der Waals surface area contributed by atoms with Crippen LogP contribution in [0, 0.1) is 0 Å². The zero-order valence-corrected chi connectivity index (χ0v) is 11.6. The number of anilines is 2. The van der Waals surface area contributed by atoms with Crippen LogP contribution in [0.4, 0.5) is 11.5 Å². The van der Waals surface area contributed by atoms with E-state index in [1.165, 1.54) is 11.3 Å². The molecule has 2 heterocycles. The van der Waals surface area contributed by atoms with Gasteiger partial charge in [0.1, 0.15) is 5.82 Å². The minimum atomic E-state index is 0.358. The molecule has 0 saturated carbocycles. The van der Waals surface area contributed by atoms with Gasteiger partial charge in [0.2, 0.25) is 0 Å². The first-order valence-electron chi connectivity index (χ1n) is 6.43. The van der Waals surface area contributed by atoms with Gasteiger partial charge < -0.3 is 10.6 Å². The van der Waals surface area contributed by atoms with Gasteiger partial charge in [-0.05, 0) is 37.1 Å². The Morgan fingerprint density at radius 1 is 1.32 bits per heavy atom. The summed E-state index contributed by atoms with van der Waals surface area (Å²) in [6.07, 6.45) is 1.04. The van der Waals surface area contributed by atoms with Gasteiger partial charge in [-0.15, -0.1) is 0 Å². The van der Waals surface area contributed by atoms with E-state index in [1.54, 1.807) is 0 Å². The van der Waals surface area contributed by atoms with Crippen LogP contribution in [0.5, 0.6) is 0 Å². The lowest BCUT2D eigenvalue weighted by molar-refractivity contribution is 0.747. The molecule has 3 rings (SSSR count). The third kappa shape index (κ3) is 2.09. The summed E-state index contributed by atoms with van der Waals surface area (Å²) in [5.74, 6) is 0.919. The van der Waals surface area contributed by atoms with Gasteiger partial charge in [-0.1, -0.05) is 29.8 Å². The zero-order valence-electron chi connectivity index (χ0n) is 10.8. The van der Waals surface area contributed by atoms with Gasteiger partial charge in [-0.25, -0.2) is 4.98 Å². The molecule has 0 spiro atoms. The van der Waals surface area contributed by atoms with E-state index in [9.17, 15) is 0 Å². The minimum absolute atomic E-state index is 0.358. The van der Waals surface area contributed by atoms with Crippen LogP contribution in [-0.4, -0.2) is 11.0 Å². The molecule has 0 aliphatic carbocycles. The molecular weight excluding hydrogens is 258 g/mol. The molecule has 3 nitrogen and oxygen atoms in total. The molecule has 1 aliphatic heterocycles. The monoisotopic (exact) mass is 273 g/mol. The summed E-state index contributed by atoms with van der Waals surface area (Å²) < 4.78 is 0. The fourth-order valence-electron chi connectivity index (χ4n) is 2.66. The molecule has 2 N–H and O–H groups in total. The largest absolute Gasteiger partial charge is 0.325 e. The van der Waals surface area contributed by atoms with E-state index in [4.69, 9.17) is 17.3 Å². The van der Waals surface area contributed by atoms with Crippen molar-refractivity contribution in [2.45, 2.75) is 25.9 Å². The van der Waals surface area contributed by atoms with Crippen molar-refractivity contribution in [1.29, 1.82) is 0 Å². The van der Waals surface area contributed by atoms with E-state index in [0.29, 0.717) is 17.6 Å². The summed E-state index contributed by atoms with van der Waals surface area (Å²) in [6, 6.07) is 12.7. The Bertz CT molecular complexity index is 612. The lowest BCUT2D eigenvalue weighted by Gasteiger charge is -2.24. The fraction of sp³-hybridized carbons (Fsp3) is 0.267. The van der Waals surface area contributed by atoms with Crippen LogP contribution in [0.25, 0.3) is 0 Å². The molecule has 1 unspecified atom stereocenters. The second-order valence-electron chi connectivity index (χ2n) is 4.85. The highest BCUT2D eigenvalue weighted by atomic mass is 35.5. The summed E-state index contributed by atoms with van der Waals surface area (Å²) in [5.41, 5.74) is 9.02.